The molecule has 1 unspecified atom stereocenters. The monoisotopic (exact) mass is 290 g/mol. The summed E-state index contributed by atoms with van der Waals surface area (Å²) < 4.78 is 11.6. The van der Waals surface area contributed by atoms with Crippen molar-refractivity contribution in [2.24, 2.45) is 5.92 Å². The van der Waals surface area contributed by atoms with Gasteiger partial charge in [0.1, 0.15) is 0 Å². The van der Waals surface area contributed by atoms with E-state index in [4.69, 9.17) is 9.47 Å². The number of likely N-dealkylation sites (tertiary alicyclic amines) is 1. The number of pyridine rings is 1. The Morgan fingerprint density at radius 2 is 2.19 bits per heavy atom. The van der Waals surface area contributed by atoms with Gasteiger partial charge in [-0.3, -0.25) is 0 Å². The minimum atomic E-state index is 0.481. The first-order chi connectivity index (χ1) is 10.3. The zero-order valence-corrected chi connectivity index (χ0v) is 13.0. The molecule has 0 aliphatic carbocycles. The van der Waals surface area contributed by atoms with E-state index in [2.05, 4.69) is 9.88 Å². The second-order valence-electron chi connectivity index (χ2n) is 6.32. The molecule has 2 fully saturated rings. The van der Waals surface area contributed by atoms with Crippen molar-refractivity contribution in [3.05, 3.63) is 23.9 Å². The molecule has 0 N–H and O–H groups in total. The molecule has 0 aromatic carbocycles. The molecular weight excluding hydrogens is 264 g/mol. The largest absolute Gasteiger partial charge is 0.477 e. The second kappa shape index (κ2) is 7.23. The van der Waals surface area contributed by atoms with Crippen molar-refractivity contribution in [3.63, 3.8) is 0 Å². The highest BCUT2D eigenvalue weighted by Gasteiger charge is 2.24. The standard InChI is InChI=1S/C17H26N2O2/c1-14-4-2-8-18-17(14)21-13-15-6-9-19(10-7-15)12-16-5-3-11-20-16/h2,4,8,15-16H,3,5-7,9-13H2,1H3. The van der Waals surface area contributed by atoms with Crippen LogP contribution in [0.4, 0.5) is 0 Å². The molecule has 2 aliphatic rings. The average Bonchev–Trinajstić information content (AvgIpc) is 3.01. The van der Waals surface area contributed by atoms with Gasteiger partial charge >= 0.3 is 0 Å². The Labute approximate surface area is 127 Å². The Balaban J connectivity index is 1.38. The second-order valence-corrected chi connectivity index (χ2v) is 6.32. The molecule has 21 heavy (non-hydrogen) atoms. The van der Waals surface area contributed by atoms with Crippen molar-refractivity contribution >= 4 is 0 Å². The van der Waals surface area contributed by atoms with Gasteiger partial charge in [-0.15, -0.1) is 0 Å². The number of rotatable bonds is 5. The SMILES string of the molecule is Cc1cccnc1OCC1CCN(CC2CCCO2)CC1. The zero-order valence-electron chi connectivity index (χ0n) is 13.0. The lowest BCUT2D eigenvalue weighted by molar-refractivity contribution is 0.0545. The summed E-state index contributed by atoms with van der Waals surface area (Å²) >= 11 is 0. The first kappa shape index (κ1) is 14.8. The van der Waals surface area contributed by atoms with Crippen molar-refractivity contribution < 1.29 is 9.47 Å². The van der Waals surface area contributed by atoms with Gasteiger partial charge < -0.3 is 14.4 Å². The lowest BCUT2D eigenvalue weighted by Gasteiger charge is -2.33. The summed E-state index contributed by atoms with van der Waals surface area (Å²) in [5.74, 6) is 1.45. The first-order valence-electron chi connectivity index (χ1n) is 8.19. The minimum Gasteiger partial charge on any atom is -0.477 e. The van der Waals surface area contributed by atoms with Gasteiger partial charge in [-0.1, -0.05) is 6.07 Å². The Morgan fingerprint density at radius 3 is 2.90 bits per heavy atom. The third kappa shape index (κ3) is 4.17. The van der Waals surface area contributed by atoms with Gasteiger partial charge in [-0.25, -0.2) is 4.98 Å². The molecule has 1 aromatic rings. The molecule has 4 heteroatoms. The summed E-state index contributed by atoms with van der Waals surface area (Å²) in [4.78, 5) is 6.85. The van der Waals surface area contributed by atoms with E-state index < -0.39 is 0 Å². The molecule has 0 saturated carbocycles. The van der Waals surface area contributed by atoms with E-state index in [-0.39, 0.29) is 0 Å². The number of ether oxygens (including phenoxy) is 2. The highest BCUT2D eigenvalue weighted by molar-refractivity contribution is 5.23. The quantitative estimate of drug-likeness (QED) is 0.835. The van der Waals surface area contributed by atoms with Gasteiger partial charge in [-0.05, 0) is 57.7 Å². The van der Waals surface area contributed by atoms with Crippen LogP contribution in [0.1, 0.15) is 31.2 Å². The molecule has 4 nitrogen and oxygen atoms in total. The van der Waals surface area contributed by atoms with Crippen LogP contribution in [0, 0.1) is 12.8 Å². The number of aryl methyl sites for hydroxylation is 1. The summed E-state index contributed by atoms with van der Waals surface area (Å²) in [5, 5.41) is 0. The van der Waals surface area contributed by atoms with Crippen LogP contribution in [0.2, 0.25) is 0 Å². The molecule has 116 valence electrons. The minimum absolute atomic E-state index is 0.481. The molecule has 2 aliphatic heterocycles. The number of piperidine rings is 1. The lowest BCUT2D eigenvalue weighted by Crippen LogP contribution is -2.39. The highest BCUT2D eigenvalue weighted by atomic mass is 16.5. The Morgan fingerprint density at radius 1 is 1.33 bits per heavy atom. The average molecular weight is 290 g/mol. The molecule has 3 rings (SSSR count). The third-order valence-electron chi connectivity index (χ3n) is 4.61. The van der Waals surface area contributed by atoms with E-state index >= 15 is 0 Å². The molecule has 0 amide bonds. The third-order valence-corrected chi connectivity index (χ3v) is 4.61. The fourth-order valence-electron chi connectivity index (χ4n) is 3.23. The van der Waals surface area contributed by atoms with Crippen molar-refractivity contribution in [3.8, 4) is 5.88 Å². The van der Waals surface area contributed by atoms with Crippen LogP contribution in [-0.2, 0) is 4.74 Å². The van der Waals surface area contributed by atoms with E-state index in [1.54, 1.807) is 6.20 Å². The lowest BCUT2D eigenvalue weighted by atomic mass is 9.97. The maximum atomic E-state index is 5.89. The molecule has 3 heterocycles. The van der Waals surface area contributed by atoms with Gasteiger partial charge in [0.2, 0.25) is 5.88 Å². The van der Waals surface area contributed by atoms with Crippen molar-refractivity contribution in [2.45, 2.75) is 38.7 Å². The molecule has 1 atom stereocenters. The fraction of sp³-hybridized carbons (Fsp3) is 0.706. The summed E-state index contributed by atoms with van der Waals surface area (Å²) in [6, 6.07) is 4.00. The van der Waals surface area contributed by atoms with Gasteiger partial charge in [-0.2, -0.15) is 0 Å². The van der Waals surface area contributed by atoms with Crippen LogP contribution in [0.25, 0.3) is 0 Å². The van der Waals surface area contributed by atoms with Gasteiger partial charge in [0, 0.05) is 24.9 Å². The zero-order chi connectivity index (χ0) is 14.5. The number of hydrogen-bond donors (Lipinski definition) is 0. The molecule has 0 spiro atoms. The molecule has 1 aromatic heterocycles. The number of hydrogen-bond acceptors (Lipinski definition) is 4. The molecule has 0 bridgehead atoms. The summed E-state index contributed by atoms with van der Waals surface area (Å²) in [6.07, 6.45) is 7.19. The van der Waals surface area contributed by atoms with E-state index in [1.165, 1.54) is 38.8 Å². The van der Waals surface area contributed by atoms with Crippen LogP contribution in [0.15, 0.2) is 18.3 Å². The van der Waals surface area contributed by atoms with Crippen molar-refractivity contribution in [1.29, 1.82) is 0 Å². The van der Waals surface area contributed by atoms with E-state index in [1.807, 2.05) is 19.1 Å². The number of aromatic nitrogens is 1. The summed E-state index contributed by atoms with van der Waals surface area (Å²) in [6.45, 7) is 7.27. The van der Waals surface area contributed by atoms with E-state index in [0.717, 1.165) is 31.2 Å². The molecule has 0 radical (unpaired) electrons. The van der Waals surface area contributed by atoms with Crippen LogP contribution in [0.5, 0.6) is 5.88 Å². The first-order valence-corrected chi connectivity index (χ1v) is 8.19. The predicted octanol–water partition coefficient (Wildman–Crippen LogP) is 2.66. The van der Waals surface area contributed by atoms with Crippen molar-refractivity contribution in [1.82, 2.24) is 9.88 Å². The van der Waals surface area contributed by atoms with Crippen LogP contribution < -0.4 is 4.74 Å². The van der Waals surface area contributed by atoms with Crippen molar-refractivity contribution in [2.75, 3.05) is 32.8 Å². The van der Waals surface area contributed by atoms with E-state index in [0.29, 0.717) is 12.0 Å². The summed E-state index contributed by atoms with van der Waals surface area (Å²) in [5.41, 5.74) is 1.12. The van der Waals surface area contributed by atoms with E-state index in [9.17, 15) is 0 Å². The molecule has 2 saturated heterocycles. The fourth-order valence-corrected chi connectivity index (χ4v) is 3.23. The van der Waals surface area contributed by atoms with Crippen LogP contribution >= 0.6 is 0 Å². The van der Waals surface area contributed by atoms with Gasteiger partial charge in [0.25, 0.3) is 0 Å². The smallest absolute Gasteiger partial charge is 0.216 e. The Bertz CT molecular complexity index is 438. The normalized spacial score (nSPS) is 24.3. The maximum Gasteiger partial charge on any atom is 0.216 e. The van der Waals surface area contributed by atoms with Crippen LogP contribution in [-0.4, -0.2) is 48.8 Å². The molecular formula is C17H26N2O2. The highest BCUT2D eigenvalue weighted by Crippen LogP contribution is 2.22. The summed E-state index contributed by atoms with van der Waals surface area (Å²) in [7, 11) is 0. The maximum absolute atomic E-state index is 5.89. The van der Waals surface area contributed by atoms with Crippen LogP contribution in [0.3, 0.4) is 0 Å². The van der Waals surface area contributed by atoms with Gasteiger partial charge in [0.15, 0.2) is 0 Å². The van der Waals surface area contributed by atoms with Gasteiger partial charge in [0.05, 0.1) is 12.7 Å². The predicted molar refractivity (Wildman–Crippen MR) is 82.6 cm³/mol. The number of nitrogens with zero attached hydrogens (tertiary/aromatic N) is 2. The Hall–Kier alpha value is -1.13. The topological polar surface area (TPSA) is 34.6 Å². The Kier molecular flexibility index (Phi) is 5.09.